The summed E-state index contributed by atoms with van der Waals surface area (Å²) in [6, 6.07) is 5.01. The third-order valence-electron chi connectivity index (χ3n) is 2.05. The van der Waals surface area contributed by atoms with Gasteiger partial charge in [0.15, 0.2) is 5.76 Å². The van der Waals surface area contributed by atoms with Crippen LogP contribution in [0.2, 0.25) is 0 Å². The lowest BCUT2D eigenvalue weighted by Crippen LogP contribution is -2.11. The summed E-state index contributed by atoms with van der Waals surface area (Å²) < 4.78 is 6.02. The van der Waals surface area contributed by atoms with Crippen molar-refractivity contribution in [3.63, 3.8) is 0 Å². The molecule has 2 aromatic rings. The maximum Gasteiger partial charge on any atom is 0.291 e. The third kappa shape index (κ3) is 2.92. The summed E-state index contributed by atoms with van der Waals surface area (Å²) in [6.07, 6.45) is 3.19. The number of anilines is 1. The molecular weight excluding hydrogens is 286 g/mol. The number of amides is 1. The van der Waals surface area contributed by atoms with Crippen LogP contribution in [-0.2, 0) is 6.54 Å². The van der Waals surface area contributed by atoms with Gasteiger partial charge in [0.25, 0.3) is 5.91 Å². The number of pyridine rings is 1. The minimum atomic E-state index is -0.329. The number of rotatable bonds is 3. The van der Waals surface area contributed by atoms with Crippen molar-refractivity contribution in [3.05, 3.63) is 46.6 Å². The first-order valence-electron chi connectivity index (χ1n) is 4.89. The van der Waals surface area contributed by atoms with Gasteiger partial charge in [0.05, 0.1) is 18.4 Å². The molecule has 2 aromatic heterocycles. The number of carbonyl (C=O) groups excluding carboxylic acids is 1. The molecule has 0 saturated carbocycles. The molecule has 0 radical (unpaired) electrons. The summed E-state index contributed by atoms with van der Waals surface area (Å²) in [5.74, 6) is 0.470. The van der Waals surface area contributed by atoms with Gasteiger partial charge in [-0.05, 0) is 34.1 Å². The van der Waals surface area contributed by atoms with Crippen molar-refractivity contribution in [2.45, 2.75) is 6.54 Å². The molecule has 0 saturated heterocycles. The van der Waals surface area contributed by atoms with Gasteiger partial charge >= 0.3 is 0 Å². The molecule has 0 aliphatic carbocycles. The zero-order chi connectivity index (χ0) is 12.3. The Morgan fingerprint density at radius 2 is 2.29 bits per heavy atom. The maximum atomic E-state index is 11.8. The molecule has 0 aliphatic heterocycles. The van der Waals surface area contributed by atoms with E-state index < -0.39 is 0 Å². The average Bonchev–Trinajstić information content (AvgIpc) is 2.77. The molecule has 0 atom stereocenters. The van der Waals surface area contributed by atoms with Crippen LogP contribution in [0.4, 0.5) is 5.69 Å². The number of aromatic nitrogens is 1. The molecule has 0 bridgehead atoms. The van der Waals surface area contributed by atoms with E-state index in [1.807, 2.05) is 0 Å². The van der Waals surface area contributed by atoms with Crippen molar-refractivity contribution in [3.8, 4) is 0 Å². The minimum absolute atomic E-state index is 0.227. The Kier molecular flexibility index (Phi) is 3.55. The van der Waals surface area contributed by atoms with Crippen molar-refractivity contribution in [1.82, 2.24) is 4.98 Å². The predicted octanol–water partition coefficient (Wildman–Crippen LogP) is 2.15. The molecule has 17 heavy (non-hydrogen) atoms. The summed E-state index contributed by atoms with van der Waals surface area (Å²) in [5, 5.41) is 2.67. The zero-order valence-corrected chi connectivity index (χ0v) is 10.4. The van der Waals surface area contributed by atoms with E-state index in [1.165, 1.54) is 0 Å². The minimum Gasteiger partial charge on any atom is -0.455 e. The summed E-state index contributed by atoms with van der Waals surface area (Å²) >= 11 is 3.27. The number of carbonyl (C=O) groups is 1. The number of nitrogens with one attached hydrogen (secondary N) is 1. The number of furan rings is 1. The van der Waals surface area contributed by atoms with Crippen molar-refractivity contribution < 1.29 is 9.21 Å². The highest BCUT2D eigenvalue weighted by atomic mass is 79.9. The van der Waals surface area contributed by atoms with Crippen LogP contribution in [0.15, 0.2) is 39.5 Å². The van der Waals surface area contributed by atoms with E-state index >= 15 is 0 Å². The van der Waals surface area contributed by atoms with Crippen molar-refractivity contribution in [1.29, 1.82) is 0 Å². The Morgan fingerprint density at radius 3 is 2.94 bits per heavy atom. The second-order valence-electron chi connectivity index (χ2n) is 3.32. The highest BCUT2D eigenvalue weighted by Crippen LogP contribution is 2.15. The molecule has 0 aliphatic rings. The SMILES string of the molecule is NCc1ccc(C(=O)Nc2cncc(Br)c2)o1. The fourth-order valence-corrected chi connectivity index (χ4v) is 1.65. The van der Waals surface area contributed by atoms with Crippen LogP contribution in [0.1, 0.15) is 16.3 Å². The first-order valence-corrected chi connectivity index (χ1v) is 5.69. The Hall–Kier alpha value is -1.66. The Bertz CT molecular complexity index is 539. The molecule has 0 unspecified atom stereocenters. The Morgan fingerprint density at radius 1 is 1.47 bits per heavy atom. The van der Waals surface area contributed by atoms with E-state index in [2.05, 4.69) is 26.2 Å². The van der Waals surface area contributed by atoms with Gasteiger partial charge in [-0.25, -0.2) is 0 Å². The normalized spacial score (nSPS) is 10.2. The van der Waals surface area contributed by atoms with Crippen molar-refractivity contribution >= 4 is 27.5 Å². The van der Waals surface area contributed by atoms with E-state index in [-0.39, 0.29) is 18.2 Å². The van der Waals surface area contributed by atoms with Gasteiger partial charge in [0.2, 0.25) is 0 Å². The molecular formula is C11H10BrN3O2. The number of hydrogen-bond acceptors (Lipinski definition) is 4. The number of nitrogens with two attached hydrogens (primary N) is 1. The highest BCUT2D eigenvalue weighted by molar-refractivity contribution is 9.10. The van der Waals surface area contributed by atoms with Gasteiger partial charge < -0.3 is 15.5 Å². The van der Waals surface area contributed by atoms with Crippen LogP contribution >= 0.6 is 15.9 Å². The summed E-state index contributed by atoms with van der Waals surface area (Å²) in [5.41, 5.74) is 5.99. The zero-order valence-electron chi connectivity index (χ0n) is 8.81. The maximum absolute atomic E-state index is 11.8. The molecule has 0 aromatic carbocycles. The van der Waals surface area contributed by atoms with Gasteiger partial charge in [0, 0.05) is 10.7 Å². The van der Waals surface area contributed by atoms with Crippen LogP contribution in [-0.4, -0.2) is 10.9 Å². The predicted molar refractivity (Wildman–Crippen MR) is 66.5 cm³/mol. The molecule has 1 amide bonds. The molecule has 3 N–H and O–H groups in total. The number of nitrogens with zero attached hydrogens (tertiary/aromatic N) is 1. The second-order valence-corrected chi connectivity index (χ2v) is 4.23. The van der Waals surface area contributed by atoms with E-state index in [9.17, 15) is 4.79 Å². The standard InChI is InChI=1S/C11H10BrN3O2/c12-7-3-8(6-14-5-7)15-11(16)10-2-1-9(4-13)17-10/h1-3,5-6H,4,13H2,(H,15,16). The van der Waals surface area contributed by atoms with Gasteiger partial charge in [-0.1, -0.05) is 0 Å². The first-order chi connectivity index (χ1) is 8.19. The number of halogens is 1. The second kappa shape index (κ2) is 5.11. The first kappa shape index (κ1) is 11.8. The van der Waals surface area contributed by atoms with Gasteiger partial charge in [0.1, 0.15) is 5.76 Å². The lowest BCUT2D eigenvalue weighted by atomic mass is 10.3. The lowest BCUT2D eigenvalue weighted by molar-refractivity contribution is 0.0995. The smallest absolute Gasteiger partial charge is 0.291 e. The quantitative estimate of drug-likeness (QED) is 0.909. The summed E-state index contributed by atoms with van der Waals surface area (Å²) in [7, 11) is 0. The molecule has 5 nitrogen and oxygen atoms in total. The summed E-state index contributed by atoms with van der Waals surface area (Å²) in [6.45, 7) is 0.270. The van der Waals surface area contributed by atoms with Crippen molar-refractivity contribution in [2.24, 2.45) is 5.73 Å². The van der Waals surface area contributed by atoms with Gasteiger partial charge in [-0.3, -0.25) is 9.78 Å². The van der Waals surface area contributed by atoms with E-state index in [0.717, 1.165) is 4.47 Å². The van der Waals surface area contributed by atoms with E-state index in [4.69, 9.17) is 10.2 Å². The molecule has 2 rings (SSSR count). The molecule has 0 spiro atoms. The van der Waals surface area contributed by atoms with Crippen LogP contribution in [0.25, 0.3) is 0 Å². The van der Waals surface area contributed by atoms with Gasteiger partial charge in [-0.2, -0.15) is 0 Å². The summed E-state index contributed by atoms with van der Waals surface area (Å²) in [4.78, 5) is 15.7. The Labute approximate surface area is 106 Å². The molecule has 2 heterocycles. The largest absolute Gasteiger partial charge is 0.455 e. The lowest BCUT2D eigenvalue weighted by Gasteiger charge is -2.02. The van der Waals surface area contributed by atoms with E-state index in [1.54, 1.807) is 30.6 Å². The highest BCUT2D eigenvalue weighted by Gasteiger charge is 2.11. The fourth-order valence-electron chi connectivity index (χ4n) is 1.28. The topological polar surface area (TPSA) is 81.2 Å². The molecule has 0 fully saturated rings. The fraction of sp³-hybridized carbons (Fsp3) is 0.0909. The Balaban J connectivity index is 2.11. The van der Waals surface area contributed by atoms with Crippen LogP contribution in [0.3, 0.4) is 0 Å². The number of hydrogen-bond donors (Lipinski definition) is 2. The van der Waals surface area contributed by atoms with Crippen molar-refractivity contribution in [2.75, 3.05) is 5.32 Å². The molecule has 88 valence electrons. The average molecular weight is 296 g/mol. The van der Waals surface area contributed by atoms with E-state index in [0.29, 0.717) is 11.4 Å². The molecule has 6 heteroatoms. The van der Waals surface area contributed by atoms with Crippen LogP contribution in [0, 0.1) is 0 Å². The van der Waals surface area contributed by atoms with Gasteiger partial charge in [-0.15, -0.1) is 0 Å². The van der Waals surface area contributed by atoms with Crippen LogP contribution < -0.4 is 11.1 Å². The van der Waals surface area contributed by atoms with Crippen LogP contribution in [0.5, 0.6) is 0 Å². The third-order valence-corrected chi connectivity index (χ3v) is 2.48. The monoisotopic (exact) mass is 295 g/mol.